The van der Waals surface area contributed by atoms with Gasteiger partial charge in [0.1, 0.15) is 5.82 Å². The maximum atomic E-state index is 13.2. The Bertz CT molecular complexity index is 1170. The number of H-pyrrole nitrogens is 1. The van der Waals surface area contributed by atoms with Crippen LogP contribution in [-0.4, -0.2) is 26.4 Å². The van der Waals surface area contributed by atoms with E-state index in [2.05, 4.69) is 15.3 Å². The lowest BCUT2D eigenvalue weighted by Crippen LogP contribution is -2.37. The largest absolute Gasteiger partial charge is 0.343 e. The highest BCUT2D eigenvalue weighted by Crippen LogP contribution is 2.49. The first-order valence-corrected chi connectivity index (χ1v) is 11.2. The molecular formula is C22H24N4O4S. The second-order valence-electron chi connectivity index (χ2n) is 8.69. The first kappa shape index (κ1) is 21.3. The van der Waals surface area contributed by atoms with Crippen LogP contribution in [0.25, 0.3) is 0 Å². The molecule has 8 nitrogen and oxygen atoms in total. The third kappa shape index (κ3) is 3.89. The van der Waals surface area contributed by atoms with E-state index < -0.39 is 10.8 Å². The first-order valence-electron chi connectivity index (χ1n) is 10.3. The molecule has 0 bridgehead atoms. The number of allylic oxidation sites excluding steroid dienone is 2. The summed E-state index contributed by atoms with van der Waals surface area (Å²) in [6.07, 6.45) is 1.84. The minimum Gasteiger partial charge on any atom is -0.343 e. The van der Waals surface area contributed by atoms with Crippen molar-refractivity contribution in [3.8, 4) is 0 Å². The number of benzene rings is 1. The highest BCUT2D eigenvalue weighted by atomic mass is 32.2. The summed E-state index contributed by atoms with van der Waals surface area (Å²) in [5, 5.41) is 15.5. The lowest BCUT2D eigenvalue weighted by atomic mass is 9.69. The minimum absolute atomic E-state index is 0.101. The van der Waals surface area contributed by atoms with Crippen LogP contribution in [0.1, 0.15) is 57.1 Å². The number of para-hydroxylation sites is 1. The fourth-order valence-corrected chi connectivity index (χ4v) is 5.09. The molecule has 0 spiro atoms. The Morgan fingerprint density at radius 1 is 1.26 bits per heavy atom. The van der Waals surface area contributed by atoms with Crippen LogP contribution < -0.4 is 10.9 Å². The Balaban J connectivity index is 1.97. The van der Waals surface area contributed by atoms with Gasteiger partial charge >= 0.3 is 0 Å². The summed E-state index contributed by atoms with van der Waals surface area (Å²) in [7, 11) is 0. The molecule has 0 radical (unpaired) electrons. The second-order valence-corrected chi connectivity index (χ2v) is 9.77. The molecule has 0 fully saturated rings. The molecule has 4 rings (SSSR count). The summed E-state index contributed by atoms with van der Waals surface area (Å²) in [5.41, 5.74) is 0.953. The van der Waals surface area contributed by atoms with E-state index in [0.717, 1.165) is 12.2 Å². The van der Waals surface area contributed by atoms with E-state index in [1.54, 1.807) is 18.2 Å². The van der Waals surface area contributed by atoms with Gasteiger partial charge in [0.05, 0.1) is 16.4 Å². The van der Waals surface area contributed by atoms with Crippen molar-refractivity contribution in [2.45, 2.75) is 51.1 Å². The van der Waals surface area contributed by atoms with E-state index in [0.29, 0.717) is 40.6 Å². The maximum Gasteiger partial charge on any atom is 0.273 e. The van der Waals surface area contributed by atoms with Crippen LogP contribution in [0.15, 0.2) is 45.5 Å². The predicted octanol–water partition coefficient (Wildman–Crippen LogP) is 4.38. The van der Waals surface area contributed by atoms with Crippen LogP contribution in [-0.2, 0) is 4.79 Å². The molecule has 162 valence electrons. The molecule has 2 aliphatic rings. The van der Waals surface area contributed by atoms with Gasteiger partial charge < -0.3 is 10.3 Å². The molecule has 1 aromatic carbocycles. The summed E-state index contributed by atoms with van der Waals surface area (Å²) in [6, 6.07) is 6.29. The molecule has 0 saturated carbocycles. The molecule has 2 aromatic rings. The minimum atomic E-state index is -0.835. The number of hydrogen-bond donors (Lipinski definition) is 2. The van der Waals surface area contributed by atoms with Crippen LogP contribution in [0.5, 0.6) is 0 Å². The Morgan fingerprint density at radius 3 is 2.71 bits per heavy atom. The van der Waals surface area contributed by atoms with Crippen molar-refractivity contribution in [1.29, 1.82) is 0 Å². The molecule has 1 atom stereocenters. The molecule has 1 aliphatic carbocycles. The zero-order valence-corrected chi connectivity index (χ0v) is 18.5. The van der Waals surface area contributed by atoms with E-state index in [4.69, 9.17) is 0 Å². The number of rotatable bonds is 5. The number of hydrogen-bond acceptors (Lipinski definition) is 7. The van der Waals surface area contributed by atoms with E-state index >= 15 is 0 Å². The molecule has 2 N–H and O–H groups in total. The molecule has 31 heavy (non-hydrogen) atoms. The van der Waals surface area contributed by atoms with Crippen molar-refractivity contribution in [3.63, 3.8) is 0 Å². The molecule has 1 aromatic heterocycles. The predicted molar refractivity (Wildman–Crippen MR) is 119 cm³/mol. The number of aromatic amines is 1. The topological polar surface area (TPSA) is 118 Å². The van der Waals surface area contributed by atoms with Gasteiger partial charge in [-0.1, -0.05) is 50.7 Å². The Morgan fingerprint density at radius 2 is 2.00 bits per heavy atom. The van der Waals surface area contributed by atoms with Crippen molar-refractivity contribution in [1.82, 2.24) is 9.97 Å². The van der Waals surface area contributed by atoms with Crippen LogP contribution in [0.2, 0.25) is 0 Å². The Kier molecular flexibility index (Phi) is 5.47. The Hall–Kier alpha value is -2.94. The standard InChI is InChI=1S/C22H24N4O4S/c1-4-9-31-21-24-19-18(20(28)25-21)16(12-7-5-6-8-14(12)26(29)30)17-13(23-19)10-22(2,3)11-15(17)27/h5-8,16H,4,9-11H2,1-3H3,(H2,23,24,25,28). The highest BCUT2D eigenvalue weighted by molar-refractivity contribution is 7.99. The van der Waals surface area contributed by atoms with Gasteiger partial charge in [-0.05, 0) is 18.3 Å². The Labute approximate surface area is 183 Å². The SMILES string of the molecule is CCCSc1nc2c(c(=O)[nH]1)C(c1ccccc1[N+](=O)[O-])C1=C(CC(C)(C)CC1=O)N2. The van der Waals surface area contributed by atoms with E-state index in [1.165, 1.54) is 17.8 Å². The van der Waals surface area contributed by atoms with Gasteiger partial charge in [-0.15, -0.1) is 0 Å². The summed E-state index contributed by atoms with van der Waals surface area (Å²) >= 11 is 1.44. The molecule has 0 amide bonds. The highest BCUT2D eigenvalue weighted by Gasteiger charge is 2.44. The second kappa shape index (κ2) is 7.96. The average Bonchev–Trinajstić information content (AvgIpc) is 2.69. The number of anilines is 1. The van der Waals surface area contributed by atoms with Crippen LogP contribution in [0.3, 0.4) is 0 Å². The van der Waals surface area contributed by atoms with Crippen molar-refractivity contribution in [2.24, 2.45) is 5.41 Å². The smallest absolute Gasteiger partial charge is 0.273 e. The van der Waals surface area contributed by atoms with Crippen LogP contribution in [0, 0.1) is 15.5 Å². The number of aromatic nitrogens is 2. The van der Waals surface area contributed by atoms with Crippen molar-refractivity contribution >= 4 is 29.1 Å². The lowest BCUT2D eigenvalue weighted by molar-refractivity contribution is -0.385. The molecule has 1 unspecified atom stereocenters. The van der Waals surface area contributed by atoms with Gasteiger partial charge in [0, 0.05) is 35.1 Å². The molecule has 9 heteroatoms. The molecular weight excluding hydrogens is 416 g/mol. The normalized spacial score (nSPS) is 19.5. The fraction of sp³-hybridized carbons (Fsp3) is 0.409. The van der Waals surface area contributed by atoms with Crippen LogP contribution in [0.4, 0.5) is 11.5 Å². The number of thioether (sulfide) groups is 1. The molecule has 2 heterocycles. The number of nitrogens with one attached hydrogen (secondary N) is 2. The number of fused-ring (bicyclic) bond motifs is 1. The number of nitro groups is 1. The number of nitro benzene ring substituents is 1. The van der Waals surface area contributed by atoms with Gasteiger partial charge in [-0.2, -0.15) is 0 Å². The van der Waals surface area contributed by atoms with Crippen molar-refractivity contribution in [2.75, 3.05) is 11.1 Å². The van der Waals surface area contributed by atoms with Gasteiger partial charge in [0.25, 0.3) is 11.2 Å². The first-order chi connectivity index (χ1) is 14.7. The molecule has 1 aliphatic heterocycles. The van der Waals surface area contributed by atoms with Gasteiger partial charge in [0.2, 0.25) is 0 Å². The zero-order chi connectivity index (χ0) is 22.3. The lowest BCUT2D eigenvalue weighted by Gasteiger charge is -2.38. The summed E-state index contributed by atoms with van der Waals surface area (Å²) in [6.45, 7) is 6.07. The van der Waals surface area contributed by atoms with E-state index in [-0.39, 0.29) is 28.0 Å². The summed E-state index contributed by atoms with van der Waals surface area (Å²) < 4.78 is 0. The van der Waals surface area contributed by atoms with Gasteiger partial charge in [-0.3, -0.25) is 19.7 Å². The average molecular weight is 441 g/mol. The van der Waals surface area contributed by atoms with E-state index in [9.17, 15) is 19.7 Å². The van der Waals surface area contributed by atoms with E-state index in [1.807, 2.05) is 20.8 Å². The number of carbonyl (C=O) groups excluding carboxylic acids is 1. The number of ketones is 1. The van der Waals surface area contributed by atoms with Crippen LogP contribution >= 0.6 is 11.8 Å². The van der Waals surface area contributed by atoms with Crippen molar-refractivity contribution < 1.29 is 9.72 Å². The molecule has 0 saturated heterocycles. The van der Waals surface area contributed by atoms with Gasteiger partial charge in [-0.25, -0.2) is 4.98 Å². The maximum absolute atomic E-state index is 13.2. The third-order valence-corrected chi connectivity index (χ3v) is 6.67. The zero-order valence-electron chi connectivity index (χ0n) is 17.7. The van der Waals surface area contributed by atoms with Crippen molar-refractivity contribution in [3.05, 3.63) is 67.1 Å². The third-order valence-electron chi connectivity index (χ3n) is 5.59. The summed E-state index contributed by atoms with van der Waals surface area (Å²) in [4.78, 5) is 45.1. The monoisotopic (exact) mass is 440 g/mol. The fourth-order valence-electron chi connectivity index (χ4n) is 4.37. The number of carbonyl (C=O) groups is 1. The number of Topliss-reactive ketones (excluding diaryl/α,β-unsaturated/α-hetero) is 1. The quantitative estimate of drug-likeness (QED) is 0.306. The number of nitrogens with zero attached hydrogens (tertiary/aromatic N) is 2. The summed E-state index contributed by atoms with van der Waals surface area (Å²) in [5.74, 6) is 0.235. The van der Waals surface area contributed by atoms with Gasteiger partial charge in [0.15, 0.2) is 10.9 Å².